The van der Waals surface area contributed by atoms with E-state index in [1.54, 1.807) is 71.3 Å². The summed E-state index contributed by atoms with van der Waals surface area (Å²) in [4.78, 5) is 83.6. The number of nitrogens with zero attached hydrogens (tertiary/aromatic N) is 2. The number of rotatable bonds is 20. The van der Waals surface area contributed by atoms with Gasteiger partial charge in [-0.1, -0.05) is 26.0 Å². The molecule has 2 aliphatic rings. The molecule has 0 saturated heterocycles. The molecule has 6 N–H and O–H groups in total. The van der Waals surface area contributed by atoms with Crippen molar-refractivity contribution >= 4 is 64.8 Å². The Balaban J connectivity index is 0.00000139. The number of aliphatic carboxylic acids is 2. The number of anilines is 3. The number of aromatic carboxylic acids is 1. The van der Waals surface area contributed by atoms with E-state index in [-0.39, 0.29) is 83.4 Å². The average Bonchev–Trinajstić information content (AvgIpc) is 3.33. The van der Waals surface area contributed by atoms with Crippen LogP contribution in [0.2, 0.25) is 0 Å². The van der Waals surface area contributed by atoms with Crippen molar-refractivity contribution in [1.29, 1.82) is 0 Å². The molecule has 0 atom stereocenters. The first-order valence-corrected chi connectivity index (χ1v) is 21.5. The predicted molar refractivity (Wildman–Crippen MR) is 257 cm³/mol. The Morgan fingerprint density at radius 2 is 1.32 bits per heavy atom. The lowest BCUT2D eigenvalue weighted by atomic mass is 9.88. The minimum Gasteiger partial charge on any atom is -0.508 e. The van der Waals surface area contributed by atoms with Crippen molar-refractivity contribution in [3.8, 4) is 39.7 Å². The number of carboxylic acids is 3. The number of methoxy groups -OCH3 is 1. The third-order valence-corrected chi connectivity index (χ3v) is 10.5. The van der Waals surface area contributed by atoms with E-state index < -0.39 is 23.8 Å². The second-order valence-electron chi connectivity index (χ2n) is 14.7. The first kappa shape index (κ1) is 53.0. The van der Waals surface area contributed by atoms with E-state index in [1.807, 2.05) is 20.8 Å². The summed E-state index contributed by atoms with van der Waals surface area (Å²) < 4.78 is 22.2. The normalized spacial score (nSPS) is 10.4. The Bertz CT molecular complexity index is 2820. The van der Waals surface area contributed by atoms with Gasteiger partial charge in [0.15, 0.2) is 5.43 Å². The van der Waals surface area contributed by atoms with Crippen molar-refractivity contribution in [2.75, 3.05) is 61.6 Å². The third kappa shape index (κ3) is 13.5. The summed E-state index contributed by atoms with van der Waals surface area (Å²) in [6.07, 6.45) is 0.859. The fourth-order valence-corrected chi connectivity index (χ4v) is 7.35. The van der Waals surface area contributed by atoms with Crippen LogP contribution in [0.15, 0.2) is 94.1 Å². The second kappa shape index (κ2) is 25.3. The van der Waals surface area contributed by atoms with Gasteiger partial charge in [0.2, 0.25) is 0 Å². The number of likely N-dealkylation sites (N-methyl/N-ethyl adjacent to an activating group) is 2. The average molecular weight is 952 g/mol. The molecule has 4 aromatic rings. The standard InChI is InChI=1S/C47H47N3O12.C2H4O2.CH2O2/c1-5-27-19-33-40(23-37(27)51)62-41-24-38(52)28(6-2)20-34(41)45(33)32-21-29(13-15-31(32)47(58)59)46(57)48-30-14-16-36(50(8-4)26-44(55)56)42(22-30)61-18-17-60-39-12-10-9-11-35(39)49(7-3)25-43(53)54;1-4-2-3;2-1-3/h9-16,19-24,51H,5-8,17-18,25-26H2,1-4H3,(H,48,57)(H,53,54)(H,55,56)(H,58,59);2H,1H3;1H,(H,2,3). The van der Waals surface area contributed by atoms with E-state index >= 15 is 0 Å². The highest BCUT2D eigenvalue weighted by Gasteiger charge is 2.26. The largest absolute Gasteiger partial charge is 0.508 e. The molecule has 0 fully saturated rings. The summed E-state index contributed by atoms with van der Waals surface area (Å²) in [6.45, 7) is 7.66. The number of ether oxygens (including phenoxy) is 3. The molecule has 6 rings (SSSR count). The third-order valence-electron chi connectivity index (χ3n) is 10.5. The van der Waals surface area contributed by atoms with Crippen LogP contribution in [-0.2, 0) is 36.8 Å². The lowest BCUT2D eigenvalue weighted by Gasteiger charge is -2.25. The fraction of sp³-hybridized carbons (Fsp3) is 0.260. The molecule has 4 aromatic carbocycles. The SMILES string of the molecule is CCc1cc2c(-c3cc(C(=O)Nc4ccc(N(CC)CC(=O)O)c(OCCOc5ccccc5N(CC)CC(=O)O)c4)ccc3C(=O)O)c3cc(CC)c(=O)cc-3oc2cc1O.COC=O.O=CO. The number of para-hydroxylation sites is 2. The van der Waals surface area contributed by atoms with E-state index in [9.17, 15) is 44.4 Å². The van der Waals surface area contributed by atoms with Gasteiger partial charge in [-0.05, 0) is 92.4 Å². The molecule has 1 heterocycles. The highest BCUT2D eigenvalue weighted by Crippen LogP contribution is 2.44. The molecule has 0 saturated carbocycles. The van der Waals surface area contributed by atoms with Crippen LogP contribution in [0.4, 0.5) is 17.1 Å². The number of hydrogen-bond donors (Lipinski definition) is 6. The van der Waals surface area contributed by atoms with Gasteiger partial charge >= 0.3 is 17.9 Å². The van der Waals surface area contributed by atoms with Crippen LogP contribution >= 0.6 is 0 Å². The molecule has 0 bridgehead atoms. The zero-order valence-corrected chi connectivity index (χ0v) is 38.5. The van der Waals surface area contributed by atoms with Crippen molar-refractivity contribution in [2.24, 2.45) is 0 Å². The number of phenols is 1. The molecule has 0 spiro atoms. The second-order valence-corrected chi connectivity index (χ2v) is 14.7. The smallest absolute Gasteiger partial charge is 0.336 e. The number of aryl methyl sites for hydroxylation is 2. The van der Waals surface area contributed by atoms with Crippen molar-refractivity contribution in [3.63, 3.8) is 0 Å². The van der Waals surface area contributed by atoms with Gasteiger partial charge in [-0.25, -0.2) is 4.79 Å². The number of carbonyl (C=O) groups is 6. The van der Waals surface area contributed by atoms with Crippen LogP contribution in [0.1, 0.15) is 59.5 Å². The summed E-state index contributed by atoms with van der Waals surface area (Å²) in [7, 11) is 1.31. The van der Waals surface area contributed by atoms with Crippen molar-refractivity contribution < 1.29 is 72.9 Å². The molecule has 19 nitrogen and oxygen atoms in total. The summed E-state index contributed by atoms with van der Waals surface area (Å²) in [5, 5.41) is 50.4. The summed E-state index contributed by atoms with van der Waals surface area (Å²) in [5.74, 6) is -3.06. The predicted octanol–water partition coefficient (Wildman–Crippen LogP) is 7.12. The highest BCUT2D eigenvalue weighted by molar-refractivity contribution is 6.11. The van der Waals surface area contributed by atoms with Crippen molar-refractivity contribution in [1.82, 2.24) is 0 Å². The Morgan fingerprint density at radius 1 is 0.725 bits per heavy atom. The molecular formula is C50H53N3O16. The maximum Gasteiger partial charge on any atom is 0.336 e. The van der Waals surface area contributed by atoms with Crippen LogP contribution in [0.25, 0.3) is 33.4 Å². The Morgan fingerprint density at radius 3 is 1.88 bits per heavy atom. The maximum absolute atomic E-state index is 14.1. The van der Waals surface area contributed by atoms with Gasteiger partial charge in [-0.15, -0.1) is 0 Å². The minimum absolute atomic E-state index is 0.00912. The number of benzene rings is 5. The van der Waals surface area contributed by atoms with Crippen LogP contribution in [0, 0.1) is 0 Å². The van der Waals surface area contributed by atoms with Gasteiger partial charge in [-0.2, -0.15) is 0 Å². The molecule has 0 unspecified atom stereocenters. The zero-order valence-electron chi connectivity index (χ0n) is 38.5. The number of aromatic hydroxyl groups is 1. The van der Waals surface area contributed by atoms with Gasteiger partial charge < -0.3 is 59.3 Å². The molecule has 364 valence electrons. The van der Waals surface area contributed by atoms with Gasteiger partial charge in [0.05, 0.1) is 24.0 Å². The topological polar surface area (TPSA) is 280 Å². The van der Waals surface area contributed by atoms with E-state index in [0.717, 1.165) is 0 Å². The Hall–Kier alpha value is -8.61. The summed E-state index contributed by atoms with van der Waals surface area (Å²) in [5.41, 5.74) is 3.37. The zero-order chi connectivity index (χ0) is 50.8. The van der Waals surface area contributed by atoms with Crippen LogP contribution in [-0.4, -0.2) is 109 Å². The van der Waals surface area contributed by atoms with Gasteiger partial charge in [0.1, 0.15) is 54.9 Å². The number of carboxylic acid groups (broad SMARTS) is 4. The Labute approximate surface area is 396 Å². The molecule has 0 radical (unpaired) electrons. The number of amides is 1. The fourth-order valence-electron chi connectivity index (χ4n) is 7.35. The molecular weight excluding hydrogens is 899 g/mol. The maximum atomic E-state index is 14.1. The Kier molecular flexibility index (Phi) is 19.5. The highest BCUT2D eigenvalue weighted by atomic mass is 16.5. The van der Waals surface area contributed by atoms with E-state index in [1.165, 1.54) is 37.4 Å². The van der Waals surface area contributed by atoms with E-state index in [2.05, 4.69) is 10.1 Å². The van der Waals surface area contributed by atoms with Crippen LogP contribution < -0.4 is 30.0 Å². The number of nitrogens with one attached hydrogen (secondary N) is 1. The number of fused-ring (bicyclic) bond motifs is 2. The lowest BCUT2D eigenvalue weighted by molar-refractivity contribution is -0.136. The van der Waals surface area contributed by atoms with Crippen molar-refractivity contribution in [2.45, 2.75) is 40.5 Å². The number of phenolic OH excluding ortho intramolecular Hbond substituents is 1. The molecule has 1 aliphatic carbocycles. The molecule has 19 heteroatoms. The molecule has 1 amide bonds. The molecule has 69 heavy (non-hydrogen) atoms. The van der Waals surface area contributed by atoms with Gasteiger partial charge in [0, 0.05) is 64.6 Å². The lowest BCUT2D eigenvalue weighted by Crippen LogP contribution is -2.30. The van der Waals surface area contributed by atoms with Crippen molar-refractivity contribution in [3.05, 3.63) is 117 Å². The minimum atomic E-state index is -1.26. The molecule has 1 aliphatic heterocycles. The summed E-state index contributed by atoms with van der Waals surface area (Å²) in [6, 6.07) is 22.1. The molecule has 0 aromatic heterocycles. The first-order valence-electron chi connectivity index (χ1n) is 21.5. The quantitative estimate of drug-likeness (QED) is 0.0252. The summed E-state index contributed by atoms with van der Waals surface area (Å²) >= 11 is 0. The monoisotopic (exact) mass is 951 g/mol. The first-order chi connectivity index (χ1) is 33.1. The van der Waals surface area contributed by atoms with E-state index in [4.69, 9.17) is 28.6 Å². The number of hydrogen-bond acceptors (Lipinski definition) is 14. The number of carbonyl (C=O) groups excluding carboxylic acids is 2. The van der Waals surface area contributed by atoms with Gasteiger partial charge in [0.25, 0.3) is 18.9 Å². The van der Waals surface area contributed by atoms with Gasteiger partial charge in [-0.3, -0.25) is 28.8 Å². The van der Waals surface area contributed by atoms with E-state index in [0.29, 0.717) is 77.2 Å². The van der Waals surface area contributed by atoms with Crippen LogP contribution in [0.5, 0.6) is 17.2 Å². The van der Waals surface area contributed by atoms with Crippen LogP contribution in [0.3, 0.4) is 0 Å².